The van der Waals surface area contributed by atoms with Crippen LogP contribution in [0.1, 0.15) is 5.56 Å². The van der Waals surface area contributed by atoms with Crippen LogP contribution >= 0.6 is 0 Å². The lowest BCUT2D eigenvalue weighted by atomic mass is 10.1. The Hall–Kier alpha value is -11.4. The maximum Gasteiger partial charge on any atom is 0.237 e. The molecule has 85 heavy (non-hydrogen) atoms. The molecule has 396 valence electrons. The molecule has 0 saturated heterocycles. The molecule has 17 rings (SSSR count). The number of rotatable bonds is 9. The van der Waals surface area contributed by atoms with Gasteiger partial charge in [-0.15, -0.1) is 0 Å². The van der Waals surface area contributed by atoms with Gasteiger partial charge in [-0.2, -0.15) is 10.2 Å². The van der Waals surface area contributed by atoms with Crippen molar-refractivity contribution in [1.29, 1.82) is 5.26 Å². The highest BCUT2D eigenvalue weighted by molar-refractivity contribution is 7.19. The third kappa shape index (κ3) is 7.31. The van der Waals surface area contributed by atoms with Crippen molar-refractivity contribution in [2.75, 3.05) is 0 Å². The zero-order valence-corrected chi connectivity index (χ0v) is 46.9. The van der Waals surface area contributed by atoms with Crippen molar-refractivity contribution in [3.05, 3.63) is 303 Å². The summed E-state index contributed by atoms with van der Waals surface area (Å²) < 4.78 is 9.30. The molecule has 7 nitrogen and oxygen atoms in total. The van der Waals surface area contributed by atoms with Gasteiger partial charge in [-0.1, -0.05) is 206 Å². The number of aromatic nitrogens is 6. The van der Waals surface area contributed by atoms with Crippen molar-refractivity contribution >= 4 is 116 Å². The summed E-state index contributed by atoms with van der Waals surface area (Å²) in [5, 5.41) is 24.1. The van der Waals surface area contributed by atoms with Crippen LogP contribution in [-0.4, -0.2) is 36.3 Å². The SMILES string of the molecule is N#Cc1ccc2c(c1)c1ccccc1n2-c1ccc2c(c1)c1ccccc1n2-c1nc(-c2cccc([Si](c3ccccc3)(c3ccccc3)c3ccccc3)c2)cc(-n2c3ccccc3c3cc(-n4c5ccccc5c5ccccc54)ccc32)n1. The smallest absolute Gasteiger partial charge is 0.237 e. The first kappa shape index (κ1) is 48.3. The molecule has 0 bridgehead atoms. The summed E-state index contributed by atoms with van der Waals surface area (Å²) in [5.41, 5.74) is 13.1. The van der Waals surface area contributed by atoms with E-state index in [2.05, 4.69) is 309 Å². The molecule has 5 heterocycles. The third-order valence-electron chi connectivity index (χ3n) is 17.6. The van der Waals surface area contributed by atoms with Gasteiger partial charge in [0.2, 0.25) is 5.95 Å². The van der Waals surface area contributed by atoms with E-state index in [1.807, 2.05) is 12.1 Å². The summed E-state index contributed by atoms with van der Waals surface area (Å²) in [4.78, 5) is 11.5. The van der Waals surface area contributed by atoms with Crippen LogP contribution in [-0.2, 0) is 0 Å². The Labute approximate surface area is 490 Å². The lowest BCUT2D eigenvalue weighted by molar-refractivity contribution is 0.952. The molecule has 0 N–H and O–H groups in total. The molecule has 8 heteroatoms. The van der Waals surface area contributed by atoms with Gasteiger partial charge in [0.25, 0.3) is 0 Å². The fraction of sp³-hybridized carbons (Fsp3) is 0. The second-order valence-electron chi connectivity index (χ2n) is 22.0. The Kier molecular flexibility index (Phi) is 10.9. The normalized spacial score (nSPS) is 12.0. The topological polar surface area (TPSA) is 69.3 Å². The molecule has 17 aromatic rings. The zero-order valence-electron chi connectivity index (χ0n) is 45.9. The first-order chi connectivity index (χ1) is 42.1. The molecule has 0 spiro atoms. The Morgan fingerprint density at radius 3 is 1.15 bits per heavy atom. The van der Waals surface area contributed by atoms with Crippen LogP contribution in [0.25, 0.3) is 122 Å². The summed E-state index contributed by atoms with van der Waals surface area (Å²) >= 11 is 0. The first-order valence-corrected chi connectivity index (χ1v) is 30.8. The van der Waals surface area contributed by atoms with Crippen LogP contribution in [0, 0.1) is 11.3 Å². The molecule has 0 fully saturated rings. The highest BCUT2D eigenvalue weighted by Crippen LogP contribution is 2.40. The molecule has 0 aliphatic heterocycles. The number of hydrogen-bond donors (Lipinski definition) is 0. The van der Waals surface area contributed by atoms with Crippen LogP contribution in [0.4, 0.5) is 0 Å². The Morgan fingerprint density at radius 1 is 0.282 bits per heavy atom. The molecular formula is C77H49N7Si. The maximum absolute atomic E-state index is 9.96. The number of benzene rings is 12. The van der Waals surface area contributed by atoms with Gasteiger partial charge in [0.1, 0.15) is 5.82 Å². The number of para-hydroxylation sites is 5. The van der Waals surface area contributed by atoms with Crippen molar-refractivity contribution in [1.82, 2.24) is 28.2 Å². The molecule has 12 aromatic carbocycles. The fourth-order valence-electron chi connectivity index (χ4n) is 13.9. The average Bonchev–Trinajstić information content (AvgIpc) is 2.55. The first-order valence-electron chi connectivity index (χ1n) is 28.8. The number of fused-ring (bicyclic) bond motifs is 12. The predicted octanol–water partition coefficient (Wildman–Crippen LogP) is 15.8. The Morgan fingerprint density at radius 2 is 0.659 bits per heavy atom. The van der Waals surface area contributed by atoms with E-state index in [-0.39, 0.29) is 0 Å². The van der Waals surface area contributed by atoms with E-state index in [0.717, 1.165) is 93.9 Å². The minimum Gasteiger partial charge on any atom is -0.309 e. The van der Waals surface area contributed by atoms with E-state index in [4.69, 9.17) is 9.97 Å². The zero-order chi connectivity index (χ0) is 56.2. The van der Waals surface area contributed by atoms with E-state index in [1.54, 1.807) is 0 Å². The highest BCUT2D eigenvalue weighted by atomic mass is 28.3. The Balaban J connectivity index is 0.928. The molecule has 0 aliphatic carbocycles. The van der Waals surface area contributed by atoms with Gasteiger partial charge in [0, 0.05) is 66.1 Å². The van der Waals surface area contributed by atoms with Gasteiger partial charge in [0.05, 0.1) is 61.5 Å². The minimum absolute atomic E-state index is 0.559. The second kappa shape index (κ2) is 19.1. The van der Waals surface area contributed by atoms with Crippen molar-refractivity contribution < 1.29 is 0 Å². The lowest BCUT2D eigenvalue weighted by Crippen LogP contribution is -2.74. The minimum atomic E-state index is -2.95. The fourth-order valence-corrected chi connectivity index (χ4v) is 18.7. The molecule has 0 saturated carbocycles. The summed E-state index contributed by atoms with van der Waals surface area (Å²) in [6.45, 7) is 0. The van der Waals surface area contributed by atoms with Crippen LogP contribution in [0.2, 0.25) is 0 Å². The van der Waals surface area contributed by atoms with Gasteiger partial charge in [-0.3, -0.25) is 9.13 Å². The lowest BCUT2D eigenvalue weighted by Gasteiger charge is -2.34. The van der Waals surface area contributed by atoms with E-state index < -0.39 is 8.07 Å². The summed E-state index contributed by atoms with van der Waals surface area (Å²) in [6, 6.07) is 110. The molecule has 0 amide bonds. The average molecular weight is 1100 g/mol. The van der Waals surface area contributed by atoms with Crippen molar-refractivity contribution in [2.24, 2.45) is 0 Å². The monoisotopic (exact) mass is 1100 g/mol. The van der Waals surface area contributed by atoms with Gasteiger partial charge in [-0.05, 0) is 106 Å². The highest BCUT2D eigenvalue weighted by Gasteiger charge is 2.41. The second-order valence-corrected chi connectivity index (χ2v) is 25.8. The van der Waals surface area contributed by atoms with Crippen LogP contribution in [0.15, 0.2) is 297 Å². The van der Waals surface area contributed by atoms with E-state index in [9.17, 15) is 5.26 Å². The van der Waals surface area contributed by atoms with Gasteiger partial charge in [0.15, 0.2) is 8.07 Å². The largest absolute Gasteiger partial charge is 0.309 e. The quantitative estimate of drug-likeness (QED) is 0.107. The number of nitrogens with zero attached hydrogens (tertiary/aromatic N) is 7. The van der Waals surface area contributed by atoms with Gasteiger partial charge >= 0.3 is 0 Å². The molecular weight excluding hydrogens is 1050 g/mol. The van der Waals surface area contributed by atoms with Gasteiger partial charge < -0.3 is 9.13 Å². The van der Waals surface area contributed by atoms with Crippen LogP contribution in [0.3, 0.4) is 0 Å². The molecule has 0 radical (unpaired) electrons. The molecule has 0 atom stereocenters. The van der Waals surface area contributed by atoms with Crippen molar-refractivity contribution in [3.63, 3.8) is 0 Å². The summed E-state index contributed by atoms with van der Waals surface area (Å²) in [7, 11) is -2.95. The van der Waals surface area contributed by atoms with Crippen molar-refractivity contribution in [3.8, 4) is 40.5 Å². The molecule has 5 aromatic heterocycles. The standard InChI is InChI=1S/C77H49N7Si/c78-50-51-39-42-73-64(45-51)61-31-12-17-36-70(61)82(73)54-41-44-75-66(48-54)63-33-14-19-38-72(63)84(75)77-79-67(52-21-20-28-58(46-52)85(55-22-4-1-5-23-55,56-24-6-2-7-25-56)57-26-8-3-9-27-57)49-76(80-77)83-71-37-18-13-32-62(71)65-47-53(40-43-74(65)83)81-68-34-15-10-29-59(68)60-30-11-16-35-69(60)81/h1-49H. The van der Waals surface area contributed by atoms with E-state index in [0.29, 0.717) is 11.5 Å². The molecule has 0 aliphatic rings. The predicted molar refractivity (Wildman–Crippen MR) is 353 cm³/mol. The van der Waals surface area contributed by atoms with E-state index in [1.165, 1.54) is 42.6 Å². The Bertz CT molecular complexity index is 5420. The summed E-state index contributed by atoms with van der Waals surface area (Å²) in [5.74, 6) is 1.31. The number of hydrogen-bond acceptors (Lipinski definition) is 3. The summed E-state index contributed by atoms with van der Waals surface area (Å²) in [6.07, 6.45) is 0. The van der Waals surface area contributed by atoms with Crippen LogP contribution in [0.5, 0.6) is 0 Å². The molecule has 0 unspecified atom stereocenters. The van der Waals surface area contributed by atoms with Gasteiger partial charge in [-0.25, -0.2) is 4.98 Å². The number of nitriles is 1. The van der Waals surface area contributed by atoms with E-state index >= 15 is 0 Å². The third-order valence-corrected chi connectivity index (χ3v) is 22.3. The van der Waals surface area contributed by atoms with Crippen LogP contribution < -0.4 is 20.7 Å². The maximum atomic E-state index is 9.96. The van der Waals surface area contributed by atoms with Crippen molar-refractivity contribution in [2.45, 2.75) is 0 Å².